The third kappa shape index (κ3) is 2.54. The summed E-state index contributed by atoms with van der Waals surface area (Å²) in [5.41, 5.74) is 8.98. The number of halogens is 1. The molecule has 2 N–H and O–H groups in total. The molecule has 1 fully saturated rings. The molecule has 1 saturated carbocycles. The fourth-order valence-electron chi connectivity index (χ4n) is 2.68. The number of nitrogens with zero attached hydrogens (tertiary/aromatic N) is 3. The molecule has 1 aliphatic rings. The van der Waals surface area contributed by atoms with Crippen LogP contribution in [-0.4, -0.2) is 15.0 Å². The van der Waals surface area contributed by atoms with E-state index in [-0.39, 0.29) is 0 Å². The summed E-state index contributed by atoms with van der Waals surface area (Å²) in [7, 11) is 0. The first kappa shape index (κ1) is 13.5. The molecule has 0 bridgehead atoms. The minimum Gasteiger partial charge on any atom is -0.383 e. The van der Waals surface area contributed by atoms with Crippen molar-refractivity contribution in [3.63, 3.8) is 0 Å². The first-order valence-corrected chi connectivity index (χ1v) is 7.70. The van der Waals surface area contributed by atoms with Crippen molar-refractivity contribution in [1.82, 2.24) is 15.0 Å². The Bertz CT molecular complexity index is 619. The maximum Gasteiger partial charge on any atom is 0.163 e. The molecule has 0 radical (unpaired) electrons. The monoisotopic (exact) mass is 332 g/mol. The summed E-state index contributed by atoms with van der Waals surface area (Å²) in [5, 5.41) is 0. The SMILES string of the molecule is Cc1ccc(-c2nc(N)c(Br)c(C3CCCC3)n2)cn1. The Kier molecular flexibility index (Phi) is 3.70. The second-order valence-corrected chi connectivity index (χ2v) is 6.09. The normalized spacial score (nSPS) is 15.7. The standard InChI is InChI=1S/C15H17BrN4/c1-9-6-7-11(8-18-9)15-19-13(10-4-2-3-5-10)12(16)14(17)20-15/h6-8,10H,2-5H2,1H3,(H2,17,19,20). The molecular weight excluding hydrogens is 316 g/mol. The molecule has 0 saturated heterocycles. The fraction of sp³-hybridized carbons (Fsp3) is 0.400. The third-order valence-electron chi connectivity index (χ3n) is 3.81. The van der Waals surface area contributed by atoms with Crippen molar-refractivity contribution >= 4 is 21.7 Å². The van der Waals surface area contributed by atoms with Crippen molar-refractivity contribution in [2.24, 2.45) is 0 Å². The lowest BCUT2D eigenvalue weighted by Crippen LogP contribution is -2.06. The van der Waals surface area contributed by atoms with Gasteiger partial charge in [-0.1, -0.05) is 12.8 Å². The predicted molar refractivity (Wildman–Crippen MR) is 83.3 cm³/mol. The van der Waals surface area contributed by atoms with E-state index in [1.807, 2.05) is 19.1 Å². The topological polar surface area (TPSA) is 64.7 Å². The van der Waals surface area contributed by atoms with E-state index in [1.165, 1.54) is 25.7 Å². The number of hydrogen-bond acceptors (Lipinski definition) is 4. The van der Waals surface area contributed by atoms with Crippen LogP contribution in [0.4, 0.5) is 5.82 Å². The molecule has 2 heterocycles. The van der Waals surface area contributed by atoms with Crippen LogP contribution in [0.3, 0.4) is 0 Å². The van der Waals surface area contributed by atoms with Crippen LogP contribution in [0.1, 0.15) is 43.0 Å². The van der Waals surface area contributed by atoms with Gasteiger partial charge in [0.05, 0.1) is 10.2 Å². The number of aromatic nitrogens is 3. The Hall–Kier alpha value is -1.49. The van der Waals surface area contributed by atoms with Crippen LogP contribution in [-0.2, 0) is 0 Å². The highest BCUT2D eigenvalue weighted by atomic mass is 79.9. The van der Waals surface area contributed by atoms with Crippen LogP contribution < -0.4 is 5.73 Å². The highest BCUT2D eigenvalue weighted by molar-refractivity contribution is 9.10. The largest absolute Gasteiger partial charge is 0.383 e. The lowest BCUT2D eigenvalue weighted by molar-refractivity contribution is 0.691. The molecule has 5 heteroatoms. The number of pyridine rings is 1. The molecule has 2 aromatic heterocycles. The zero-order valence-corrected chi connectivity index (χ0v) is 13.0. The van der Waals surface area contributed by atoms with Gasteiger partial charge in [-0.3, -0.25) is 4.98 Å². The summed E-state index contributed by atoms with van der Waals surface area (Å²) >= 11 is 3.54. The zero-order chi connectivity index (χ0) is 14.1. The average molecular weight is 333 g/mol. The van der Waals surface area contributed by atoms with E-state index in [2.05, 4.69) is 25.9 Å². The summed E-state index contributed by atoms with van der Waals surface area (Å²) < 4.78 is 0.855. The third-order valence-corrected chi connectivity index (χ3v) is 4.63. The van der Waals surface area contributed by atoms with E-state index in [9.17, 15) is 0 Å². The molecule has 1 aliphatic carbocycles. The first-order valence-electron chi connectivity index (χ1n) is 6.91. The molecule has 0 amide bonds. The number of hydrogen-bond donors (Lipinski definition) is 1. The quantitative estimate of drug-likeness (QED) is 0.907. The fourth-order valence-corrected chi connectivity index (χ4v) is 3.18. The maximum atomic E-state index is 6.04. The Morgan fingerprint density at radius 2 is 1.95 bits per heavy atom. The smallest absolute Gasteiger partial charge is 0.163 e. The molecule has 0 unspecified atom stereocenters. The number of aryl methyl sites for hydroxylation is 1. The molecule has 3 rings (SSSR count). The van der Waals surface area contributed by atoms with Gasteiger partial charge in [-0.2, -0.15) is 0 Å². The molecule has 104 valence electrons. The lowest BCUT2D eigenvalue weighted by atomic mass is 10.0. The maximum absolute atomic E-state index is 6.04. The Morgan fingerprint density at radius 3 is 2.60 bits per heavy atom. The number of nitrogen functional groups attached to an aromatic ring is 1. The summed E-state index contributed by atoms with van der Waals surface area (Å²) in [6, 6.07) is 3.95. The van der Waals surface area contributed by atoms with Crippen molar-refractivity contribution in [1.29, 1.82) is 0 Å². The van der Waals surface area contributed by atoms with Crippen LogP contribution in [0.15, 0.2) is 22.8 Å². The predicted octanol–water partition coefficient (Wildman–Crippen LogP) is 3.85. The Balaban J connectivity index is 2.05. The van der Waals surface area contributed by atoms with E-state index in [0.717, 1.165) is 21.4 Å². The molecule has 4 nitrogen and oxygen atoms in total. The van der Waals surface area contributed by atoms with E-state index in [0.29, 0.717) is 17.6 Å². The van der Waals surface area contributed by atoms with Crippen LogP contribution >= 0.6 is 15.9 Å². The molecule has 2 aromatic rings. The van der Waals surface area contributed by atoms with Gasteiger partial charge in [0.15, 0.2) is 5.82 Å². The second-order valence-electron chi connectivity index (χ2n) is 5.30. The number of rotatable bonds is 2. The first-order chi connectivity index (χ1) is 9.65. The molecule has 0 atom stereocenters. The van der Waals surface area contributed by atoms with Crippen LogP contribution in [0.25, 0.3) is 11.4 Å². The molecular formula is C15H17BrN4. The minimum absolute atomic E-state index is 0.492. The van der Waals surface area contributed by atoms with Crippen molar-refractivity contribution in [2.45, 2.75) is 38.5 Å². The van der Waals surface area contributed by atoms with Crippen molar-refractivity contribution in [2.75, 3.05) is 5.73 Å². The van der Waals surface area contributed by atoms with E-state index in [1.54, 1.807) is 6.20 Å². The van der Waals surface area contributed by atoms with Gasteiger partial charge in [-0.25, -0.2) is 9.97 Å². The van der Waals surface area contributed by atoms with Crippen LogP contribution in [0.5, 0.6) is 0 Å². The van der Waals surface area contributed by atoms with E-state index in [4.69, 9.17) is 10.7 Å². The van der Waals surface area contributed by atoms with Crippen molar-refractivity contribution in [3.8, 4) is 11.4 Å². The summed E-state index contributed by atoms with van der Waals surface area (Å²) in [4.78, 5) is 13.4. The van der Waals surface area contributed by atoms with Gasteiger partial charge >= 0.3 is 0 Å². The second kappa shape index (κ2) is 5.48. The van der Waals surface area contributed by atoms with Gasteiger partial charge < -0.3 is 5.73 Å². The van der Waals surface area contributed by atoms with Gasteiger partial charge in [-0.15, -0.1) is 0 Å². The van der Waals surface area contributed by atoms with Gasteiger partial charge in [0.2, 0.25) is 0 Å². The Labute approximate surface area is 127 Å². The van der Waals surface area contributed by atoms with Crippen LogP contribution in [0, 0.1) is 6.92 Å². The highest BCUT2D eigenvalue weighted by Crippen LogP contribution is 2.38. The van der Waals surface area contributed by atoms with Gasteiger partial charge in [0, 0.05) is 23.4 Å². The molecule has 0 spiro atoms. The number of nitrogens with two attached hydrogens (primary N) is 1. The zero-order valence-electron chi connectivity index (χ0n) is 11.4. The molecule has 20 heavy (non-hydrogen) atoms. The molecule has 0 aliphatic heterocycles. The van der Waals surface area contributed by atoms with Crippen molar-refractivity contribution < 1.29 is 0 Å². The lowest BCUT2D eigenvalue weighted by Gasteiger charge is -2.13. The Morgan fingerprint density at radius 1 is 1.20 bits per heavy atom. The highest BCUT2D eigenvalue weighted by Gasteiger charge is 2.23. The van der Waals surface area contributed by atoms with Gasteiger partial charge in [0.1, 0.15) is 5.82 Å². The number of anilines is 1. The van der Waals surface area contributed by atoms with Crippen LogP contribution in [0.2, 0.25) is 0 Å². The van der Waals surface area contributed by atoms with Crippen molar-refractivity contribution in [3.05, 3.63) is 34.2 Å². The minimum atomic E-state index is 0.492. The summed E-state index contributed by atoms with van der Waals surface area (Å²) in [6.45, 7) is 1.96. The average Bonchev–Trinajstić information content (AvgIpc) is 2.96. The summed E-state index contributed by atoms with van der Waals surface area (Å²) in [6.07, 6.45) is 6.70. The molecule has 0 aromatic carbocycles. The van der Waals surface area contributed by atoms with E-state index >= 15 is 0 Å². The van der Waals surface area contributed by atoms with Gasteiger partial charge in [0.25, 0.3) is 0 Å². The van der Waals surface area contributed by atoms with Gasteiger partial charge in [-0.05, 0) is 47.8 Å². The summed E-state index contributed by atoms with van der Waals surface area (Å²) in [5.74, 6) is 1.67. The van der Waals surface area contributed by atoms with E-state index < -0.39 is 0 Å².